The largest absolute Gasteiger partial charge is 0.465 e. The van der Waals surface area contributed by atoms with Gasteiger partial charge in [-0.3, -0.25) is 19.3 Å². The van der Waals surface area contributed by atoms with Crippen LogP contribution in [-0.2, 0) is 30.5 Å². The molecule has 2 fully saturated rings. The lowest BCUT2D eigenvalue weighted by Gasteiger charge is -2.19. The lowest BCUT2D eigenvalue weighted by molar-refractivity contribution is -0.153. The van der Waals surface area contributed by atoms with Gasteiger partial charge in [-0.05, 0) is 30.5 Å². The number of likely N-dealkylation sites (tertiary alicyclic amines) is 1. The molecule has 7 nitrogen and oxygen atoms in total. The third-order valence-corrected chi connectivity index (χ3v) is 4.99. The number of carbonyl (C=O) groups excluding carboxylic acids is 4. The van der Waals surface area contributed by atoms with Crippen molar-refractivity contribution >= 4 is 23.8 Å². The Balaban J connectivity index is 1.53. The summed E-state index contributed by atoms with van der Waals surface area (Å²) in [4.78, 5) is 49.2. The Morgan fingerprint density at radius 3 is 2.15 bits per heavy atom. The van der Waals surface area contributed by atoms with Crippen LogP contribution >= 0.6 is 0 Å². The zero-order valence-corrected chi connectivity index (χ0v) is 14.6. The number of hydrogen-bond donors (Lipinski definition) is 0. The number of imide groups is 1. The van der Waals surface area contributed by atoms with Gasteiger partial charge in [0.05, 0.1) is 24.5 Å². The Labute approximate surface area is 151 Å². The average molecular weight is 359 g/mol. The van der Waals surface area contributed by atoms with Crippen LogP contribution in [0.2, 0.25) is 0 Å². The van der Waals surface area contributed by atoms with E-state index in [0.29, 0.717) is 24.0 Å². The smallest absolute Gasteiger partial charge is 0.337 e. The molecule has 1 saturated heterocycles. The van der Waals surface area contributed by atoms with Gasteiger partial charge in [-0.25, -0.2) is 4.79 Å². The molecule has 0 radical (unpaired) electrons. The molecule has 0 unspecified atom stereocenters. The average Bonchev–Trinajstić information content (AvgIpc) is 2.91. The number of rotatable bonds is 5. The molecule has 26 heavy (non-hydrogen) atoms. The molecular weight excluding hydrogens is 338 g/mol. The van der Waals surface area contributed by atoms with E-state index in [1.165, 1.54) is 7.11 Å². The second kappa shape index (κ2) is 7.68. The maximum atomic E-state index is 12.3. The van der Waals surface area contributed by atoms with E-state index < -0.39 is 11.9 Å². The van der Waals surface area contributed by atoms with Crippen LogP contribution in [0.25, 0.3) is 0 Å². The number of esters is 2. The highest BCUT2D eigenvalue weighted by Gasteiger charge is 2.48. The monoisotopic (exact) mass is 359 g/mol. The second-order valence-electron chi connectivity index (χ2n) is 6.61. The zero-order chi connectivity index (χ0) is 18.7. The molecule has 1 aliphatic carbocycles. The van der Waals surface area contributed by atoms with Gasteiger partial charge in [-0.1, -0.05) is 25.0 Å². The van der Waals surface area contributed by atoms with Crippen LogP contribution in [0.1, 0.15) is 41.6 Å². The van der Waals surface area contributed by atoms with Crippen LogP contribution in [0.5, 0.6) is 0 Å². The predicted octanol–water partition coefficient (Wildman–Crippen LogP) is 1.69. The zero-order valence-electron chi connectivity index (χ0n) is 14.6. The van der Waals surface area contributed by atoms with E-state index in [-0.39, 0.29) is 36.8 Å². The normalized spacial score (nSPS) is 22.1. The summed E-state index contributed by atoms with van der Waals surface area (Å²) in [5, 5.41) is 0. The minimum Gasteiger partial charge on any atom is -0.465 e. The molecule has 138 valence electrons. The quantitative estimate of drug-likeness (QED) is 0.587. The van der Waals surface area contributed by atoms with Crippen molar-refractivity contribution in [3.05, 3.63) is 35.4 Å². The molecule has 0 N–H and O–H groups in total. The molecule has 7 heteroatoms. The van der Waals surface area contributed by atoms with Crippen molar-refractivity contribution in [3.63, 3.8) is 0 Å². The highest BCUT2D eigenvalue weighted by Crippen LogP contribution is 2.37. The summed E-state index contributed by atoms with van der Waals surface area (Å²) < 4.78 is 9.78. The summed E-state index contributed by atoms with van der Waals surface area (Å²) in [6.45, 7) is -0.339. The molecule has 1 aliphatic heterocycles. The third kappa shape index (κ3) is 3.61. The van der Waals surface area contributed by atoms with Crippen molar-refractivity contribution in [2.24, 2.45) is 11.8 Å². The maximum Gasteiger partial charge on any atom is 0.337 e. The first-order chi connectivity index (χ1) is 12.5. The van der Waals surface area contributed by atoms with Crippen molar-refractivity contribution in [1.82, 2.24) is 4.90 Å². The van der Waals surface area contributed by atoms with Gasteiger partial charge in [0.15, 0.2) is 0 Å². The second-order valence-corrected chi connectivity index (χ2v) is 6.61. The SMILES string of the molecule is COC(=O)c1ccc(COC(=O)CN2C(=O)[C@H]3CCCC[C@@H]3C2=O)cc1. The molecule has 0 bridgehead atoms. The van der Waals surface area contributed by atoms with Gasteiger partial charge in [0.2, 0.25) is 11.8 Å². The standard InChI is InChI=1S/C19H21NO6/c1-25-19(24)13-8-6-12(7-9-13)11-26-16(21)10-20-17(22)14-4-2-3-5-15(14)18(20)23/h6-9,14-15H,2-5,10-11H2,1H3/t14-,15-/m0/s1. The molecule has 0 aromatic heterocycles. The summed E-state index contributed by atoms with van der Waals surface area (Å²) in [5.41, 5.74) is 1.09. The van der Waals surface area contributed by atoms with Gasteiger partial charge in [-0.15, -0.1) is 0 Å². The highest BCUT2D eigenvalue weighted by molar-refractivity contribution is 6.07. The molecule has 1 saturated carbocycles. The summed E-state index contributed by atoms with van der Waals surface area (Å²) in [6, 6.07) is 6.46. The Kier molecular flexibility index (Phi) is 5.35. The Bertz CT molecular complexity index is 702. The number of hydrogen-bond acceptors (Lipinski definition) is 6. The van der Waals surface area contributed by atoms with Crippen LogP contribution in [0.3, 0.4) is 0 Å². The van der Waals surface area contributed by atoms with Crippen molar-refractivity contribution in [1.29, 1.82) is 0 Å². The van der Waals surface area contributed by atoms with Gasteiger partial charge in [0, 0.05) is 0 Å². The van der Waals surface area contributed by atoms with Gasteiger partial charge < -0.3 is 9.47 Å². The summed E-state index contributed by atoms with van der Waals surface area (Å²) in [7, 11) is 1.30. The van der Waals surface area contributed by atoms with Crippen LogP contribution < -0.4 is 0 Å². The van der Waals surface area contributed by atoms with Crippen molar-refractivity contribution in [2.45, 2.75) is 32.3 Å². The summed E-state index contributed by atoms with van der Waals surface area (Å²) in [5.74, 6) is -2.11. The molecule has 3 rings (SSSR count). The van der Waals surface area contributed by atoms with Gasteiger partial charge in [-0.2, -0.15) is 0 Å². The highest BCUT2D eigenvalue weighted by atomic mass is 16.5. The first-order valence-corrected chi connectivity index (χ1v) is 8.69. The molecule has 0 spiro atoms. The molecule has 2 amide bonds. The van der Waals surface area contributed by atoms with E-state index in [1.54, 1.807) is 24.3 Å². The van der Waals surface area contributed by atoms with Crippen LogP contribution in [0.4, 0.5) is 0 Å². The fourth-order valence-electron chi connectivity index (χ4n) is 3.58. The van der Waals surface area contributed by atoms with E-state index in [9.17, 15) is 19.2 Å². The van der Waals surface area contributed by atoms with E-state index in [1.807, 2.05) is 0 Å². The first-order valence-electron chi connectivity index (χ1n) is 8.69. The van der Waals surface area contributed by atoms with Crippen LogP contribution in [0.15, 0.2) is 24.3 Å². The van der Waals surface area contributed by atoms with Crippen LogP contribution in [0, 0.1) is 11.8 Å². The van der Waals surface area contributed by atoms with E-state index in [4.69, 9.17) is 4.74 Å². The fourth-order valence-corrected chi connectivity index (χ4v) is 3.58. The summed E-state index contributed by atoms with van der Waals surface area (Å²) in [6.07, 6.45) is 3.32. The Morgan fingerprint density at radius 2 is 1.62 bits per heavy atom. The summed E-state index contributed by atoms with van der Waals surface area (Å²) >= 11 is 0. The van der Waals surface area contributed by atoms with Gasteiger partial charge >= 0.3 is 11.9 Å². The van der Waals surface area contributed by atoms with Crippen molar-refractivity contribution in [3.8, 4) is 0 Å². The number of benzene rings is 1. The number of carbonyl (C=O) groups is 4. The lowest BCUT2D eigenvalue weighted by Crippen LogP contribution is -2.36. The molecule has 1 aromatic rings. The maximum absolute atomic E-state index is 12.3. The van der Waals surface area contributed by atoms with E-state index >= 15 is 0 Å². The fraction of sp³-hybridized carbons (Fsp3) is 0.474. The van der Waals surface area contributed by atoms with E-state index in [0.717, 1.165) is 17.7 Å². The van der Waals surface area contributed by atoms with Gasteiger partial charge in [0.1, 0.15) is 13.2 Å². The molecule has 2 atom stereocenters. The minimum atomic E-state index is -0.623. The number of ether oxygens (including phenoxy) is 2. The number of nitrogens with zero attached hydrogens (tertiary/aromatic N) is 1. The Morgan fingerprint density at radius 1 is 1.04 bits per heavy atom. The first kappa shape index (κ1) is 18.1. The molecule has 1 aromatic carbocycles. The van der Waals surface area contributed by atoms with Gasteiger partial charge in [0.25, 0.3) is 0 Å². The van der Waals surface area contributed by atoms with Crippen LogP contribution in [-0.4, -0.2) is 42.3 Å². The predicted molar refractivity (Wildman–Crippen MR) is 89.7 cm³/mol. The molecule has 1 heterocycles. The molecular formula is C19H21NO6. The van der Waals surface area contributed by atoms with Crippen molar-refractivity contribution in [2.75, 3.05) is 13.7 Å². The minimum absolute atomic E-state index is 0.00334. The topological polar surface area (TPSA) is 90.0 Å². The van der Waals surface area contributed by atoms with E-state index in [2.05, 4.69) is 4.74 Å². The van der Waals surface area contributed by atoms with Crippen molar-refractivity contribution < 1.29 is 28.7 Å². The number of methoxy groups -OCH3 is 1. The third-order valence-electron chi connectivity index (χ3n) is 4.99. The number of fused-ring (bicyclic) bond motifs is 1. The molecule has 2 aliphatic rings. The number of amides is 2. The lowest BCUT2D eigenvalue weighted by atomic mass is 9.81. The Hall–Kier alpha value is -2.70.